The molecule has 1 aliphatic heterocycles. The molecule has 1 saturated heterocycles. The number of nitrogens with zero attached hydrogens (tertiary/aromatic N) is 2. The Morgan fingerprint density at radius 2 is 2.39 bits per heavy atom. The normalized spacial score (nSPS) is 22.3. The van der Waals surface area contributed by atoms with Crippen LogP contribution in [0.4, 0.5) is 0 Å². The van der Waals surface area contributed by atoms with Gasteiger partial charge in [-0.15, -0.1) is 0 Å². The standard InChI is InChI=1S/C11H15BrN2O3S/c1-11(2)16-6-7(17-11)4-14-5-8(12)9(15)13-10(14)18-3/h5,7H,4,6H2,1-3H3/t7-/m0/s1. The van der Waals surface area contributed by atoms with E-state index in [2.05, 4.69) is 20.9 Å². The predicted octanol–water partition coefficient (Wildman–Crippen LogP) is 1.88. The van der Waals surface area contributed by atoms with E-state index in [0.29, 0.717) is 22.8 Å². The molecule has 1 aromatic rings. The van der Waals surface area contributed by atoms with Crippen molar-refractivity contribution < 1.29 is 9.47 Å². The van der Waals surface area contributed by atoms with Crippen LogP contribution in [0, 0.1) is 0 Å². The van der Waals surface area contributed by atoms with E-state index in [1.165, 1.54) is 11.8 Å². The van der Waals surface area contributed by atoms with Crippen LogP contribution in [-0.2, 0) is 16.0 Å². The summed E-state index contributed by atoms with van der Waals surface area (Å²) < 4.78 is 13.6. The first kappa shape index (κ1) is 14.0. The zero-order valence-corrected chi connectivity index (χ0v) is 12.9. The molecule has 0 aromatic carbocycles. The van der Waals surface area contributed by atoms with E-state index in [0.717, 1.165) is 0 Å². The van der Waals surface area contributed by atoms with Crippen LogP contribution in [0.5, 0.6) is 0 Å². The van der Waals surface area contributed by atoms with Crippen molar-refractivity contribution >= 4 is 27.7 Å². The first-order valence-corrected chi connectivity index (χ1v) is 7.56. The molecule has 7 heteroatoms. The third-order valence-electron chi connectivity index (χ3n) is 2.57. The molecule has 0 unspecified atom stereocenters. The third kappa shape index (κ3) is 3.14. The van der Waals surface area contributed by atoms with Gasteiger partial charge in [-0.3, -0.25) is 4.79 Å². The maximum absolute atomic E-state index is 11.5. The Morgan fingerprint density at radius 3 is 2.94 bits per heavy atom. The first-order valence-electron chi connectivity index (χ1n) is 5.54. The van der Waals surface area contributed by atoms with Crippen LogP contribution < -0.4 is 5.56 Å². The van der Waals surface area contributed by atoms with Gasteiger partial charge in [-0.1, -0.05) is 11.8 Å². The van der Waals surface area contributed by atoms with Crippen LogP contribution in [-0.4, -0.2) is 34.3 Å². The van der Waals surface area contributed by atoms with Gasteiger partial charge in [0.05, 0.1) is 13.2 Å². The highest BCUT2D eigenvalue weighted by molar-refractivity contribution is 9.10. The summed E-state index contributed by atoms with van der Waals surface area (Å²) in [6, 6.07) is 0. The van der Waals surface area contributed by atoms with E-state index in [-0.39, 0.29) is 11.7 Å². The zero-order chi connectivity index (χ0) is 13.3. The lowest BCUT2D eigenvalue weighted by atomic mass is 10.3. The molecule has 100 valence electrons. The van der Waals surface area contributed by atoms with Gasteiger partial charge in [0.15, 0.2) is 10.9 Å². The molecule has 2 rings (SSSR count). The maximum Gasteiger partial charge on any atom is 0.287 e. The van der Waals surface area contributed by atoms with Crippen LogP contribution in [0.2, 0.25) is 0 Å². The topological polar surface area (TPSA) is 53.4 Å². The third-order valence-corrected chi connectivity index (χ3v) is 3.80. The SMILES string of the molecule is CSc1nc(=O)c(Br)cn1C[C@H]1COC(C)(C)O1. The Balaban J connectivity index is 2.19. The highest BCUT2D eigenvalue weighted by atomic mass is 79.9. The number of thioether (sulfide) groups is 1. The maximum atomic E-state index is 11.5. The zero-order valence-electron chi connectivity index (χ0n) is 10.5. The van der Waals surface area contributed by atoms with Crippen LogP contribution in [0.1, 0.15) is 13.8 Å². The Labute approximate surface area is 118 Å². The summed E-state index contributed by atoms with van der Waals surface area (Å²) in [4.78, 5) is 15.4. The van der Waals surface area contributed by atoms with Crippen LogP contribution >= 0.6 is 27.7 Å². The van der Waals surface area contributed by atoms with E-state index in [1.807, 2.05) is 24.7 Å². The Hall–Kier alpha value is -0.370. The number of hydrogen-bond acceptors (Lipinski definition) is 5. The smallest absolute Gasteiger partial charge is 0.287 e. The number of rotatable bonds is 3. The van der Waals surface area contributed by atoms with Crippen molar-refractivity contribution in [2.75, 3.05) is 12.9 Å². The number of ether oxygens (including phenoxy) is 2. The highest BCUT2D eigenvalue weighted by Gasteiger charge is 2.33. The van der Waals surface area contributed by atoms with Crippen molar-refractivity contribution in [2.45, 2.75) is 37.4 Å². The van der Waals surface area contributed by atoms with Gasteiger partial charge in [-0.2, -0.15) is 4.98 Å². The molecule has 0 saturated carbocycles. The van der Waals surface area contributed by atoms with Crippen molar-refractivity contribution in [1.82, 2.24) is 9.55 Å². The van der Waals surface area contributed by atoms with Gasteiger partial charge in [0.1, 0.15) is 10.6 Å². The molecule has 0 N–H and O–H groups in total. The molecule has 0 bridgehead atoms. The minimum absolute atomic E-state index is 0.0258. The quantitative estimate of drug-likeness (QED) is 0.624. The van der Waals surface area contributed by atoms with Gasteiger partial charge in [0, 0.05) is 6.20 Å². The summed E-state index contributed by atoms with van der Waals surface area (Å²) in [6.07, 6.45) is 3.61. The van der Waals surface area contributed by atoms with Gasteiger partial charge in [-0.25, -0.2) is 0 Å². The summed E-state index contributed by atoms with van der Waals surface area (Å²) in [7, 11) is 0. The van der Waals surface area contributed by atoms with Gasteiger partial charge < -0.3 is 14.0 Å². The summed E-state index contributed by atoms with van der Waals surface area (Å²) in [5.41, 5.74) is -0.250. The molecule has 0 amide bonds. The average Bonchev–Trinajstić information content (AvgIpc) is 2.63. The largest absolute Gasteiger partial charge is 0.348 e. The molecule has 0 radical (unpaired) electrons. The summed E-state index contributed by atoms with van der Waals surface area (Å²) in [5, 5.41) is 0.677. The Kier molecular flexibility index (Phi) is 4.15. The number of hydrogen-bond donors (Lipinski definition) is 0. The Bertz CT molecular complexity index is 504. The van der Waals surface area contributed by atoms with E-state index in [9.17, 15) is 4.79 Å². The molecule has 1 aromatic heterocycles. The lowest BCUT2D eigenvalue weighted by Crippen LogP contribution is -2.26. The molecule has 1 atom stereocenters. The molecular formula is C11H15BrN2O3S. The van der Waals surface area contributed by atoms with Gasteiger partial charge in [-0.05, 0) is 36.0 Å². The molecule has 1 aliphatic rings. The van der Waals surface area contributed by atoms with Crippen molar-refractivity contribution in [2.24, 2.45) is 0 Å². The van der Waals surface area contributed by atoms with E-state index < -0.39 is 5.79 Å². The van der Waals surface area contributed by atoms with Gasteiger partial charge in [0.25, 0.3) is 5.56 Å². The van der Waals surface area contributed by atoms with E-state index in [4.69, 9.17) is 9.47 Å². The van der Waals surface area contributed by atoms with Crippen molar-refractivity contribution in [3.63, 3.8) is 0 Å². The van der Waals surface area contributed by atoms with E-state index in [1.54, 1.807) is 6.20 Å². The molecule has 1 fully saturated rings. The second-order valence-corrected chi connectivity index (χ2v) is 6.11. The molecular weight excluding hydrogens is 320 g/mol. The fourth-order valence-corrected chi connectivity index (χ4v) is 2.69. The van der Waals surface area contributed by atoms with Gasteiger partial charge >= 0.3 is 0 Å². The fraction of sp³-hybridized carbons (Fsp3) is 0.636. The minimum Gasteiger partial charge on any atom is -0.348 e. The fourth-order valence-electron chi connectivity index (χ4n) is 1.82. The second kappa shape index (κ2) is 5.32. The average molecular weight is 335 g/mol. The Morgan fingerprint density at radius 1 is 1.67 bits per heavy atom. The lowest BCUT2D eigenvalue weighted by Gasteiger charge is -2.18. The summed E-state index contributed by atoms with van der Waals surface area (Å²) in [5.74, 6) is -0.534. The van der Waals surface area contributed by atoms with Crippen LogP contribution in [0.25, 0.3) is 0 Å². The van der Waals surface area contributed by atoms with Crippen molar-refractivity contribution in [1.29, 1.82) is 0 Å². The summed E-state index contributed by atoms with van der Waals surface area (Å²) >= 11 is 4.64. The lowest BCUT2D eigenvalue weighted by molar-refractivity contribution is -0.139. The second-order valence-electron chi connectivity index (χ2n) is 4.48. The first-order chi connectivity index (χ1) is 8.41. The van der Waals surface area contributed by atoms with Crippen molar-refractivity contribution in [3.8, 4) is 0 Å². The number of halogens is 1. The molecule has 0 aliphatic carbocycles. The molecule has 5 nitrogen and oxygen atoms in total. The van der Waals surface area contributed by atoms with E-state index >= 15 is 0 Å². The summed E-state index contributed by atoms with van der Waals surface area (Å²) in [6.45, 7) is 4.94. The molecule has 2 heterocycles. The van der Waals surface area contributed by atoms with Crippen LogP contribution in [0.15, 0.2) is 20.6 Å². The molecule has 18 heavy (non-hydrogen) atoms. The number of aromatic nitrogens is 2. The molecule has 0 spiro atoms. The minimum atomic E-state index is -0.534. The van der Waals surface area contributed by atoms with Crippen LogP contribution in [0.3, 0.4) is 0 Å². The van der Waals surface area contributed by atoms with Gasteiger partial charge in [0.2, 0.25) is 0 Å². The monoisotopic (exact) mass is 334 g/mol. The highest BCUT2D eigenvalue weighted by Crippen LogP contribution is 2.24. The van der Waals surface area contributed by atoms with Crippen molar-refractivity contribution in [3.05, 3.63) is 21.0 Å². The predicted molar refractivity (Wildman–Crippen MR) is 72.9 cm³/mol.